The monoisotopic (exact) mass is 459 g/mol. The molecule has 0 amide bonds. The van der Waals surface area contributed by atoms with Gasteiger partial charge in [0, 0.05) is 11.3 Å². The number of hydrogen-bond donors (Lipinski definition) is 0. The third-order valence-corrected chi connectivity index (χ3v) is 12.3. The molecule has 1 heterocycles. The smallest absolute Gasteiger partial charge is 0.331 e. The molecule has 0 saturated heterocycles. The highest BCUT2D eigenvalue weighted by atomic mass is 32.2. The van der Waals surface area contributed by atoms with E-state index in [0.29, 0.717) is 23.4 Å². The number of fused-ring (bicyclic) bond motifs is 5. The van der Waals surface area contributed by atoms with Crippen LogP contribution in [0.4, 0.5) is 0 Å². The van der Waals surface area contributed by atoms with Crippen LogP contribution in [0.15, 0.2) is 11.6 Å². The Kier molecular flexibility index (Phi) is 6.51. The Labute approximate surface area is 200 Å². The summed E-state index contributed by atoms with van der Waals surface area (Å²) in [6.07, 6.45) is 15.9. The van der Waals surface area contributed by atoms with Crippen molar-refractivity contribution in [3.05, 3.63) is 11.6 Å². The average Bonchev–Trinajstić information content (AvgIpc) is 3.33. The van der Waals surface area contributed by atoms with Crippen molar-refractivity contribution in [3.8, 4) is 0 Å². The number of hydrogen-bond acceptors (Lipinski definition) is 4. The Morgan fingerprint density at radius 1 is 1.03 bits per heavy atom. The minimum atomic E-state index is -0.106. The average molecular weight is 460 g/mol. The molecule has 5 aliphatic rings. The maximum atomic E-state index is 11.7. The van der Waals surface area contributed by atoms with E-state index in [1.165, 1.54) is 82.1 Å². The van der Waals surface area contributed by atoms with E-state index in [0.717, 1.165) is 28.9 Å². The lowest BCUT2D eigenvalue weighted by atomic mass is 9.44. The topological polar surface area (TPSA) is 29.5 Å². The summed E-state index contributed by atoms with van der Waals surface area (Å²) >= 11 is 2.28. The van der Waals surface area contributed by atoms with Gasteiger partial charge in [0.05, 0.1) is 0 Å². The van der Waals surface area contributed by atoms with Crippen molar-refractivity contribution in [3.63, 3.8) is 0 Å². The SMILES string of the molecule is CN(C)CCCS[C@H]1CC[C@@]2(C)[C@H](CC[C@@H]3[C@@H]2CC[C@]2(C)[C@@H](C4=CC(=O)OC4)CC[C@@H]32)C1. The van der Waals surface area contributed by atoms with Crippen molar-refractivity contribution in [2.45, 2.75) is 83.3 Å². The van der Waals surface area contributed by atoms with Gasteiger partial charge in [-0.25, -0.2) is 4.79 Å². The predicted molar refractivity (Wildman–Crippen MR) is 134 cm³/mol. The van der Waals surface area contributed by atoms with Crippen LogP contribution in [0.2, 0.25) is 0 Å². The molecule has 0 N–H and O–H groups in total. The van der Waals surface area contributed by atoms with Gasteiger partial charge in [-0.3, -0.25) is 0 Å². The van der Waals surface area contributed by atoms with Crippen molar-refractivity contribution >= 4 is 17.7 Å². The quantitative estimate of drug-likeness (QED) is 0.350. The van der Waals surface area contributed by atoms with Gasteiger partial charge in [-0.15, -0.1) is 0 Å². The lowest BCUT2D eigenvalue weighted by Crippen LogP contribution is -2.53. The second-order valence-electron chi connectivity index (χ2n) is 12.6. The van der Waals surface area contributed by atoms with Crippen LogP contribution in [0.3, 0.4) is 0 Å². The number of carbonyl (C=O) groups is 1. The minimum Gasteiger partial charge on any atom is -0.458 e. The van der Waals surface area contributed by atoms with Gasteiger partial charge in [0.1, 0.15) is 6.61 Å². The van der Waals surface area contributed by atoms with Gasteiger partial charge in [-0.1, -0.05) is 13.8 Å². The molecule has 1 aliphatic heterocycles. The Hall–Kier alpha value is -0.480. The number of esters is 1. The summed E-state index contributed by atoms with van der Waals surface area (Å²) in [4.78, 5) is 14.1. The third-order valence-electron chi connectivity index (χ3n) is 10.9. The fourth-order valence-electron chi connectivity index (χ4n) is 9.20. The molecule has 5 rings (SSSR count). The second kappa shape index (κ2) is 8.95. The minimum absolute atomic E-state index is 0.106. The van der Waals surface area contributed by atoms with E-state index in [9.17, 15) is 4.79 Å². The van der Waals surface area contributed by atoms with Crippen LogP contribution in [0.5, 0.6) is 0 Å². The Balaban J connectivity index is 1.24. The fourth-order valence-corrected chi connectivity index (χ4v) is 10.5. The number of thioether (sulfide) groups is 1. The number of carbonyl (C=O) groups excluding carboxylic acids is 1. The standard InChI is InChI=1S/C28H45NO2S/c1-27-12-10-21(32-15-5-14-29(3)4)17-20(27)6-7-22-24-9-8-23(19-16-26(30)31-18-19)28(24,2)13-11-25(22)27/h16,20-25H,5-15,17-18H2,1-4H3/t20-,21+,22+,23-,24+,25+,27+,28-/m1/s1. The summed E-state index contributed by atoms with van der Waals surface area (Å²) in [5.74, 6) is 5.48. The van der Waals surface area contributed by atoms with Crippen molar-refractivity contribution < 1.29 is 9.53 Å². The summed E-state index contributed by atoms with van der Waals surface area (Å²) in [5, 5.41) is 0.906. The molecule has 4 heteroatoms. The Morgan fingerprint density at radius 3 is 2.56 bits per heavy atom. The van der Waals surface area contributed by atoms with Gasteiger partial charge in [0.2, 0.25) is 0 Å². The summed E-state index contributed by atoms with van der Waals surface area (Å²) in [5.41, 5.74) is 2.28. The number of rotatable bonds is 6. The summed E-state index contributed by atoms with van der Waals surface area (Å²) in [6, 6.07) is 0. The first-order valence-corrected chi connectivity index (χ1v) is 14.5. The predicted octanol–water partition coefficient (Wildman–Crippen LogP) is 6.18. The molecule has 4 aliphatic carbocycles. The number of cyclic esters (lactones) is 1. The Bertz CT molecular complexity index is 750. The zero-order valence-electron chi connectivity index (χ0n) is 20.9. The maximum Gasteiger partial charge on any atom is 0.331 e. The maximum absolute atomic E-state index is 11.7. The molecular weight excluding hydrogens is 414 g/mol. The lowest BCUT2D eigenvalue weighted by Gasteiger charge is -2.61. The molecule has 0 aromatic rings. The highest BCUT2D eigenvalue weighted by Crippen LogP contribution is 2.68. The van der Waals surface area contributed by atoms with Gasteiger partial charge < -0.3 is 9.64 Å². The molecule has 0 bridgehead atoms. The van der Waals surface area contributed by atoms with Crippen molar-refractivity contribution in [1.29, 1.82) is 0 Å². The van der Waals surface area contributed by atoms with E-state index in [2.05, 4.69) is 44.6 Å². The van der Waals surface area contributed by atoms with Gasteiger partial charge in [-0.2, -0.15) is 11.8 Å². The highest BCUT2D eigenvalue weighted by Gasteiger charge is 2.60. The molecule has 0 aromatic heterocycles. The van der Waals surface area contributed by atoms with Gasteiger partial charge in [-0.05, 0) is 137 Å². The van der Waals surface area contributed by atoms with E-state index < -0.39 is 0 Å². The van der Waals surface area contributed by atoms with Gasteiger partial charge >= 0.3 is 5.97 Å². The van der Waals surface area contributed by atoms with E-state index in [1.807, 2.05) is 6.08 Å². The molecule has 0 aromatic carbocycles. The molecule has 32 heavy (non-hydrogen) atoms. The first-order valence-electron chi connectivity index (χ1n) is 13.4. The zero-order valence-corrected chi connectivity index (χ0v) is 21.7. The molecule has 0 radical (unpaired) electrons. The van der Waals surface area contributed by atoms with Crippen molar-refractivity contribution in [1.82, 2.24) is 4.90 Å². The molecule has 3 nitrogen and oxygen atoms in total. The van der Waals surface area contributed by atoms with Crippen LogP contribution in [0.1, 0.15) is 78.1 Å². The van der Waals surface area contributed by atoms with E-state index in [4.69, 9.17) is 4.74 Å². The number of ether oxygens (including phenoxy) is 1. The summed E-state index contributed by atoms with van der Waals surface area (Å²) in [6.45, 7) is 7.06. The van der Waals surface area contributed by atoms with E-state index in [-0.39, 0.29) is 5.97 Å². The molecule has 180 valence electrons. The van der Waals surface area contributed by atoms with Gasteiger partial charge in [0.15, 0.2) is 0 Å². The van der Waals surface area contributed by atoms with Crippen LogP contribution in [0, 0.1) is 40.4 Å². The highest BCUT2D eigenvalue weighted by molar-refractivity contribution is 7.99. The molecule has 4 fully saturated rings. The van der Waals surface area contributed by atoms with Crippen molar-refractivity contribution in [2.75, 3.05) is 33.0 Å². The second-order valence-corrected chi connectivity index (χ2v) is 14.0. The largest absolute Gasteiger partial charge is 0.458 e. The van der Waals surface area contributed by atoms with Crippen LogP contribution in [-0.4, -0.2) is 49.1 Å². The van der Waals surface area contributed by atoms with E-state index in [1.54, 1.807) is 0 Å². The fraction of sp³-hybridized carbons (Fsp3) is 0.893. The first-order chi connectivity index (χ1) is 15.3. The molecule has 8 atom stereocenters. The molecule has 0 unspecified atom stereocenters. The lowest BCUT2D eigenvalue weighted by molar-refractivity contribution is -0.135. The molecule has 4 saturated carbocycles. The summed E-state index contributed by atoms with van der Waals surface area (Å²) < 4.78 is 5.32. The molecular formula is C28H45NO2S. The normalized spacial score (nSPS) is 45.8. The van der Waals surface area contributed by atoms with E-state index >= 15 is 0 Å². The third kappa shape index (κ3) is 4.00. The van der Waals surface area contributed by atoms with Crippen LogP contribution in [-0.2, 0) is 9.53 Å². The zero-order chi connectivity index (χ0) is 22.5. The van der Waals surface area contributed by atoms with Crippen LogP contribution in [0.25, 0.3) is 0 Å². The van der Waals surface area contributed by atoms with Crippen LogP contribution >= 0.6 is 11.8 Å². The first kappa shape index (κ1) is 23.3. The van der Waals surface area contributed by atoms with Crippen molar-refractivity contribution in [2.24, 2.45) is 40.4 Å². The molecule has 0 spiro atoms. The number of nitrogens with zero attached hydrogens (tertiary/aromatic N) is 1. The van der Waals surface area contributed by atoms with Gasteiger partial charge in [0.25, 0.3) is 0 Å². The van der Waals surface area contributed by atoms with Crippen LogP contribution < -0.4 is 0 Å². The summed E-state index contributed by atoms with van der Waals surface area (Å²) in [7, 11) is 4.38. The Morgan fingerprint density at radius 2 is 1.81 bits per heavy atom.